The van der Waals surface area contributed by atoms with Crippen molar-refractivity contribution in [1.82, 2.24) is 0 Å². The van der Waals surface area contributed by atoms with Gasteiger partial charge >= 0.3 is 0 Å². The maximum Gasteiger partial charge on any atom is 0.297 e. The molecule has 1 aliphatic heterocycles. The second-order valence-electron chi connectivity index (χ2n) is 8.43. The van der Waals surface area contributed by atoms with Crippen LogP contribution in [0.3, 0.4) is 0 Å². The normalized spacial score (nSPS) is 16.2. The van der Waals surface area contributed by atoms with Gasteiger partial charge < -0.3 is 37.9 Å². The molecule has 1 aromatic rings. The van der Waals surface area contributed by atoms with Crippen LogP contribution in [-0.2, 0) is 52.2 Å². The van der Waals surface area contributed by atoms with Gasteiger partial charge in [-0.05, 0) is 38.3 Å². The fourth-order valence-electron chi connectivity index (χ4n) is 3.26. The summed E-state index contributed by atoms with van der Waals surface area (Å²) in [6, 6.07) is 6.49. The first-order valence-corrected chi connectivity index (χ1v) is 14.6. The Labute approximate surface area is 227 Å². The van der Waals surface area contributed by atoms with E-state index in [1.165, 1.54) is 12.1 Å². The van der Waals surface area contributed by atoms with Gasteiger partial charge in [0.25, 0.3) is 10.1 Å². The minimum Gasteiger partial charge on any atom is -0.377 e. The highest BCUT2D eigenvalue weighted by molar-refractivity contribution is 7.86. The number of benzene rings is 1. The molecule has 2 rings (SSSR count). The summed E-state index contributed by atoms with van der Waals surface area (Å²) in [5.74, 6) is 0. The van der Waals surface area contributed by atoms with Gasteiger partial charge in [0.15, 0.2) is 6.29 Å². The van der Waals surface area contributed by atoms with E-state index in [0.29, 0.717) is 79.3 Å². The van der Waals surface area contributed by atoms with Crippen molar-refractivity contribution in [1.29, 1.82) is 0 Å². The monoisotopic (exact) mass is 564 g/mol. The van der Waals surface area contributed by atoms with Crippen LogP contribution in [0.15, 0.2) is 29.2 Å². The Morgan fingerprint density at radius 2 is 1.11 bits per heavy atom. The summed E-state index contributed by atoms with van der Waals surface area (Å²) in [5, 5.41) is 0. The van der Waals surface area contributed by atoms with Gasteiger partial charge in [-0.2, -0.15) is 8.42 Å². The summed E-state index contributed by atoms with van der Waals surface area (Å²) < 4.78 is 72.7. The Morgan fingerprint density at radius 3 is 1.55 bits per heavy atom. The number of ether oxygens (including phenoxy) is 8. The van der Waals surface area contributed by atoms with Gasteiger partial charge in [0.2, 0.25) is 0 Å². The molecule has 0 spiro atoms. The van der Waals surface area contributed by atoms with Gasteiger partial charge in [-0.25, -0.2) is 0 Å². The first-order valence-electron chi connectivity index (χ1n) is 13.2. The number of hydrogen-bond donors (Lipinski definition) is 0. The van der Waals surface area contributed by atoms with E-state index >= 15 is 0 Å². The number of rotatable bonds is 24. The molecule has 1 aromatic carbocycles. The average Bonchev–Trinajstić information content (AvgIpc) is 2.92. The maximum absolute atomic E-state index is 12.0. The van der Waals surface area contributed by atoms with E-state index in [1.807, 2.05) is 6.92 Å². The lowest BCUT2D eigenvalue weighted by Gasteiger charge is -2.22. The zero-order valence-electron chi connectivity index (χ0n) is 22.5. The highest BCUT2D eigenvalue weighted by Gasteiger charge is 2.14. The molecular weight excluding hydrogens is 520 g/mol. The van der Waals surface area contributed by atoms with Gasteiger partial charge in [0.05, 0.1) is 97.4 Å². The molecule has 1 fully saturated rings. The van der Waals surface area contributed by atoms with Crippen molar-refractivity contribution < 1.29 is 50.5 Å². The number of aryl methyl sites for hydroxylation is 1. The minimum atomic E-state index is -3.76. The lowest BCUT2D eigenvalue weighted by Crippen LogP contribution is -2.24. The summed E-state index contributed by atoms with van der Waals surface area (Å²) >= 11 is 0. The standard InChI is InChI=1S/C26H44O11S/c1-24-5-7-25(8-6-24)38(27,28)37-23-21-34-19-17-32-15-13-30-11-10-29-12-14-31-16-18-33-20-22-36-26-4-2-3-9-35-26/h5-8,26H,2-4,9-23H2,1H3. The Morgan fingerprint density at radius 1 is 0.658 bits per heavy atom. The molecule has 0 aliphatic carbocycles. The smallest absolute Gasteiger partial charge is 0.297 e. The van der Waals surface area contributed by atoms with E-state index in [1.54, 1.807) is 12.1 Å². The van der Waals surface area contributed by atoms with Crippen molar-refractivity contribution in [2.45, 2.75) is 37.4 Å². The van der Waals surface area contributed by atoms with Crippen molar-refractivity contribution in [2.24, 2.45) is 0 Å². The quantitative estimate of drug-likeness (QED) is 0.136. The molecule has 38 heavy (non-hydrogen) atoms. The second-order valence-corrected chi connectivity index (χ2v) is 10.0. The Hall–Kier alpha value is -1.19. The van der Waals surface area contributed by atoms with Crippen LogP contribution in [0.5, 0.6) is 0 Å². The van der Waals surface area contributed by atoms with Gasteiger partial charge in [-0.3, -0.25) is 4.18 Å². The zero-order valence-corrected chi connectivity index (χ0v) is 23.3. The topological polar surface area (TPSA) is 117 Å². The lowest BCUT2D eigenvalue weighted by atomic mass is 10.2. The summed E-state index contributed by atoms with van der Waals surface area (Å²) in [6.45, 7) is 8.43. The van der Waals surface area contributed by atoms with Crippen LogP contribution in [0.2, 0.25) is 0 Å². The number of hydrogen-bond acceptors (Lipinski definition) is 11. The van der Waals surface area contributed by atoms with Crippen molar-refractivity contribution in [3.05, 3.63) is 29.8 Å². The van der Waals surface area contributed by atoms with Crippen LogP contribution in [0.4, 0.5) is 0 Å². The molecule has 0 bridgehead atoms. The zero-order chi connectivity index (χ0) is 27.2. The summed E-state index contributed by atoms with van der Waals surface area (Å²) in [6.07, 6.45) is 3.16. The molecule has 1 atom stereocenters. The molecule has 0 radical (unpaired) electrons. The second kappa shape index (κ2) is 21.6. The predicted molar refractivity (Wildman–Crippen MR) is 139 cm³/mol. The maximum atomic E-state index is 12.0. The molecule has 220 valence electrons. The highest BCUT2D eigenvalue weighted by atomic mass is 32.2. The summed E-state index contributed by atoms with van der Waals surface area (Å²) in [4.78, 5) is 0.133. The van der Waals surface area contributed by atoms with Crippen LogP contribution in [0, 0.1) is 6.92 Å². The average molecular weight is 565 g/mol. The van der Waals surface area contributed by atoms with Crippen LogP contribution >= 0.6 is 0 Å². The van der Waals surface area contributed by atoms with Gasteiger partial charge in [-0.15, -0.1) is 0 Å². The summed E-state index contributed by atoms with van der Waals surface area (Å²) in [5.41, 5.74) is 0.979. The molecule has 0 N–H and O–H groups in total. The van der Waals surface area contributed by atoms with Gasteiger partial charge in [0, 0.05) is 6.61 Å². The third-order valence-electron chi connectivity index (χ3n) is 5.31. The van der Waals surface area contributed by atoms with Crippen LogP contribution < -0.4 is 0 Å². The van der Waals surface area contributed by atoms with Crippen molar-refractivity contribution in [2.75, 3.05) is 99.1 Å². The molecule has 0 saturated carbocycles. The van der Waals surface area contributed by atoms with E-state index in [9.17, 15) is 8.42 Å². The van der Waals surface area contributed by atoms with Crippen molar-refractivity contribution >= 4 is 10.1 Å². The Balaban J connectivity index is 1.23. The third-order valence-corrected chi connectivity index (χ3v) is 6.63. The Bertz CT molecular complexity index is 783. The fourth-order valence-corrected chi connectivity index (χ4v) is 4.15. The van der Waals surface area contributed by atoms with E-state index in [4.69, 9.17) is 42.1 Å². The first kappa shape index (κ1) is 33.0. The van der Waals surface area contributed by atoms with Crippen molar-refractivity contribution in [3.8, 4) is 0 Å². The van der Waals surface area contributed by atoms with Gasteiger partial charge in [0.1, 0.15) is 0 Å². The first-order chi connectivity index (χ1) is 18.6. The third kappa shape index (κ3) is 16.7. The van der Waals surface area contributed by atoms with Gasteiger partial charge in [-0.1, -0.05) is 17.7 Å². The van der Waals surface area contributed by atoms with E-state index in [2.05, 4.69) is 0 Å². The SMILES string of the molecule is Cc1ccc(S(=O)(=O)OCCOCCOCCOCCOCCOCCOCCOC2CCCCO2)cc1. The molecule has 0 aromatic heterocycles. The fraction of sp³-hybridized carbons (Fsp3) is 0.769. The molecule has 1 unspecified atom stereocenters. The summed E-state index contributed by atoms with van der Waals surface area (Å²) in [7, 11) is -3.76. The largest absolute Gasteiger partial charge is 0.377 e. The van der Waals surface area contributed by atoms with Crippen LogP contribution in [0.1, 0.15) is 24.8 Å². The molecular formula is C26H44O11S. The van der Waals surface area contributed by atoms with Crippen LogP contribution in [0.25, 0.3) is 0 Å². The highest BCUT2D eigenvalue weighted by Crippen LogP contribution is 2.14. The van der Waals surface area contributed by atoms with Crippen LogP contribution in [-0.4, -0.2) is 114 Å². The Kier molecular flexibility index (Phi) is 18.8. The molecule has 11 nitrogen and oxygen atoms in total. The molecule has 0 amide bonds. The van der Waals surface area contributed by atoms with Crippen molar-refractivity contribution in [3.63, 3.8) is 0 Å². The molecule has 1 aliphatic rings. The minimum absolute atomic E-state index is 0.0515. The molecule has 12 heteroatoms. The predicted octanol–water partition coefficient (Wildman–Crippen LogP) is 2.34. The van der Waals surface area contributed by atoms with E-state index < -0.39 is 10.1 Å². The molecule has 1 saturated heterocycles. The van der Waals surface area contributed by atoms with E-state index in [0.717, 1.165) is 31.4 Å². The molecule has 1 heterocycles. The lowest BCUT2D eigenvalue weighted by molar-refractivity contribution is -0.169. The van der Waals surface area contributed by atoms with E-state index in [-0.39, 0.29) is 24.4 Å².